The van der Waals surface area contributed by atoms with E-state index in [1.54, 1.807) is 13.3 Å². The molecule has 3 rings (SSSR count). The van der Waals surface area contributed by atoms with Crippen LogP contribution in [0.5, 0.6) is 5.75 Å². The van der Waals surface area contributed by atoms with E-state index >= 15 is 0 Å². The second-order valence-corrected chi connectivity index (χ2v) is 5.41. The van der Waals surface area contributed by atoms with Gasteiger partial charge in [-0.15, -0.1) is 0 Å². The van der Waals surface area contributed by atoms with Crippen LogP contribution in [0.15, 0.2) is 18.3 Å². The Hall–Kier alpha value is -2.02. The van der Waals surface area contributed by atoms with Crippen LogP contribution in [-0.2, 0) is 4.74 Å². The number of piperazine rings is 1. The Kier molecular flexibility index (Phi) is 4.62. The molecule has 22 heavy (non-hydrogen) atoms. The van der Waals surface area contributed by atoms with Crippen molar-refractivity contribution in [3.63, 3.8) is 0 Å². The number of ether oxygens (including phenoxy) is 2. The van der Waals surface area contributed by atoms with Gasteiger partial charge in [0.2, 0.25) is 0 Å². The van der Waals surface area contributed by atoms with Crippen molar-refractivity contribution in [2.45, 2.75) is 0 Å². The number of hydrogen-bond acceptors (Lipinski definition) is 5. The fraction of sp³-hybridized carbons (Fsp3) is 0.600. The molecule has 0 bridgehead atoms. The zero-order valence-electron chi connectivity index (χ0n) is 12.9. The average molecular weight is 306 g/mol. The molecule has 0 aliphatic carbocycles. The fourth-order valence-electron chi connectivity index (χ4n) is 2.76. The Labute approximate surface area is 130 Å². The lowest BCUT2D eigenvalue weighted by atomic mass is 10.3. The monoisotopic (exact) mass is 306 g/mol. The van der Waals surface area contributed by atoms with Gasteiger partial charge in [-0.1, -0.05) is 0 Å². The van der Waals surface area contributed by atoms with Gasteiger partial charge in [0.25, 0.3) is 0 Å². The van der Waals surface area contributed by atoms with Gasteiger partial charge in [0, 0.05) is 39.3 Å². The van der Waals surface area contributed by atoms with Crippen molar-refractivity contribution in [2.24, 2.45) is 0 Å². The highest BCUT2D eigenvalue weighted by molar-refractivity contribution is 5.75. The lowest BCUT2D eigenvalue weighted by Crippen LogP contribution is -2.55. The summed E-state index contributed by atoms with van der Waals surface area (Å²) < 4.78 is 10.4. The highest BCUT2D eigenvalue weighted by Gasteiger charge is 2.26. The Morgan fingerprint density at radius 2 is 1.77 bits per heavy atom. The summed E-state index contributed by atoms with van der Waals surface area (Å²) in [7, 11) is 1.63. The lowest BCUT2D eigenvalue weighted by Gasteiger charge is -2.38. The molecule has 3 heterocycles. The van der Waals surface area contributed by atoms with E-state index in [-0.39, 0.29) is 6.03 Å². The number of anilines is 1. The first-order valence-electron chi connectivity index (χ1n) is 7.64. The quantitative estimate of drug-likeness (QED) is 0.803. The molecular weight excluding hydrogens is 284 g/mol. The van der Waals surface area contributed by atoms with E-state index in [0.29, 0.717) is 26.3 Å². The van der Waals surface area contributed by atoms with Crippen molar-refractivity contribution in [1.82, 2.24) is 14.8 Å². The Bertz CT molecular complexity index is 494. The van der Waals surface area contributed by atoms with Crippen molar-refractivity contribution in [3.8, 4) is 5.75 Å². The van der Waals surface area contributed by atoms with Gasteiger partial charge < -0.3 is 24.2 Å². The number of morpholine rings is 1. The average Bonchev–Trinajstić information content (AvgIpc) is 2.62. The van der Waals surface area contributed by atoms with Crippen LogP contribution in [0, 0.1) is 0 Å². The molecule has 2 aliphatic rings. The highest BCUT2D eigenvalue weighted by atomic mass is 16.5. The summed E-state index contributed by atoms with van der Waals surface area (Å²) in [4.78, 5) is 22.8. The van der Waals surface area contributed by atoms with E-state index in [1.165, 1.54) is 0 Å². The van der Waals surface area contributed by atoms with Gasteiger partial charge in [0.1, 0.15) is 11.6 Å². The molecular formula is C15H22N4O3. The van der Waals surface area contributed by atoms with Crippen LogP contribution in [0.1, 0.15) is 0 Å². The predicted octanol–water partition coefficient (Wildman–Crippen LogP) is 0.664. The maximum atomic E-state index is 12.4. The smallest absolute Gasteiger partial charge is 0.320 e. The number of hydrogen-bond donors (Lipinski definition) is 0. The van der Waals surface area contributed by atoms with Gasteiger partial charge in [-0.05, 0) is 12.1 Å². The maximum Gasteiger partial charge on any atom is 0.320 e. The van der Waals surface area contributed by atoms with Crippen molar-refractivity contribution in [3.05, 3.63) is 18.3 Å². The molecule has 7 heteroatoms. The molecule has 2 aliphatic heterocycles. The van der Waals surface area contributed by atoms with Crippen molar-refractivity contribution < 1.29 is 14.3 Å². The molecule has 2 fully saturated rings. The Morgan fingerprint density at radius 1 is 1.09 bits per heavy atom. The highest BCUT2D eigenvalue weighted by Crippen LogP contribution is 2.17. The number of rotatable bonds is 2. The number of urea groups is 1. The minimum Gasteiger partial charge on any atom is -0.495 e. The van der Waals surface area contributed by atoms with Gasteiger partial charge >= 0.3 is 6.03 Å². The number of carbonyl (C=O) groups excluding carboxylic acids is 1. The summed E-state index contributed by atoms with van der Waals surface area (Å²) in [5.74, 6) is 1.68. The molecule has 0 aromatic carbocycles. The minimum atomic E-state index is 0.130. The molecule has 7 nitrogen and oxygen atoms in total. The number of nitrogens with zero attached hydrogens (tertiary/aromatic N) is 4. The molecule has 0 saturated carbocycles. The molecule has 0 spiro atoms. The normalized spacial score (nSPS) is 19.2. The van der Waals surface area contributed by atoms with E-state index in [0.717, 1.165) is 37.7 Å². The number of pyridine rings is 1. The SMILES string of the molecule is COc1ccc(N2CCN(C(=O)N3CCOCC3)CC2)nc1. The van der Waals surface area contributed by atoms with Crippen LogP contribution in [0.2, 0.25) is 0 Å². The first kappa shape index (κ1) is 14.9. The van der Waals surface area contributed by atoms with Crippen molar-refractivity contribution in [1.29, 1.82) is 0 Å². The van der Waals surface area contributed by atoms with Gasteiger partial charge in [-0.25, -0.2) is 9.78 Å². The van der Waals surface area contributed by atoms with Crippen LogP contribution in [0.4, 0.5) is 10.6 Å². The number of amides is 2. The summed E-state index contributed by atoms with van der Waals surface area (Å²) >= 11 is 0. The molecule has 1 aromatic rings. The summed E-state index contributed by atoms with van der Waals surface area (Å²) in [5, 5.41) is 0. The van der Waals surface area contributed by atoms with E-state index in [2.05, 4.69) is 9.88 Å². The summed E-state index contributed by atoms with van der Waals surface area (Å²) in [6.45, 7) is 5.72. The van der Waals surface area contributed by atoms with Crippen LogP contribution < -0.4 is 9.64 Å². The third kappa shape index (κ3) is 3.24. The van der Waals surface area contributed by atoms with Gasteiger partial charge in [0.05, 0.1) is 26.5 Å². The molecule has 2 saturated heterocycles. The maximum absolute atomic E-state index is 12.4. The predicted molar refractivity (Wildman–Crippen MR) is 82.4 cm³/mol. The summed E-state index contributed by atoms with van der Waals surface area (Å²) in [5.41, 5.74) is 0. The number of carbonyl (C=O) groups is 1. The third-order valence-corrected chi connectivity index (χ3v) is 4.11. The largest absolute Gasteiger partial charge is 0.495 e. The molecule has 0 N–H and O–H groups in total. The van der Waals surface area contributed by atoms with Crippen LogP contribution in [0.3, 0.4) is 0 Å². The van der Waals surface area contributed by atoms with Crippen molar-refractivity contribution in [2.75, 3.05) is 64.5 Å². The molecule has 2 amide bonds. The number of aromatic nitrogens is 1. The first-order chi connectivity index (χ1) is 10.8. The standard InChI is InChI=1S/C15H22N4O3/c1-21-13-2-3-14(16-12-13)17-4-6-18(7-5-17)15(20)19-8-10-22-11-9-19/h2-3,12H,4-11H2,1H3. The topological polar surface area (TPSA) is 58.1 Å². The molecule has 120 valence electrons. The van der Waals surface area contributed by atoms with E-state index in [9.17, 15) is 4.79 Å². The third-order valence-electron chi connectivity index (χ3n) is 4.11. The molecule has 0 radical (unpaired) electrons. The van der Waals surface area contributed by atoms with Gasteiger partial charge in [-0.2, -0.15) is 0 Å². The molecule has 0 atom stereocenters. The summed E-state index contributed by atoms with van der Waals surface area (Å²) in [6.07, 6.45) is 1.72. The second-order valence-electron chi connectivity index (χ2n) is 5.41. The Morgan fingerprint density at radius 3 is 2.36 bits per heavy atom. The van der Waals surface area contributed by atoms with E-state index < -0.39 is 0 Å². The van der Waals surface area contributed by atoms with E-state index in [1.807, 2.05) is 21.9 Å². The van der Waals surface area contributed by atoms with Crippen LogP contribution in [-0.4, -0.2) is 80.4 Å². The van der Waals surface area contributed by atoms with Crippen LogP contribution >= 0.6 is 0 Å². The number of methoxy groups -OCH3 is 1. The van der Waals surface area contributed by atoms with Crippen LogP contribution in [0.25, 0.3) is 0 Å². The van der Waals surface area contributed by atoms with Crippen molar-refractivity contribution >= 4 is 11.8 Å². The fourth-order valence-corrected chi connectivity index (χ4v) is 2.76. The molecule has 0 unspecified atom stereocenters. The Balaban J connectivity index is 1.54. The van der Waals surface area contributed by atoms with E-state index in [4.69, 9.17) is 9.47 Å². The minimum absolute atomic E-state index is 0.130. The molecule has 1 aromatic heterocycles. The second kappa shape index (κ2) is 6.83. The zero-order valence-corrected chi connectivity index (χ0v) is 12.9. The summed E-state index contributed by atoms with van der Waals surface area (Å²) in [6, 6.07) is 4.00. The lowest BCUT2D eigenvalue weighted by molar-refractivity contribution is 0.0428. The zero-order chi connectivity index (χ0) is 15.4. The first-order valence-corrected chi connectivity index (χ1v) is 7.64. The van der Waals surface area contributed by atoms with Gasteiger partial charge in [0.15, 0.2) is 0 Å². The van der Waals surface area contributed by atoms with Gasteiger partial charge in [-0.3, -0.25) is 0 Å².